The molecule has 2 aromatic carbocycles. The molecule has 2 aromatic heterocycles. The van der Waals surface area contributed by atoms with Gasteiger partial charge in [0.25, 0.3) is 10.5 Å². The van der Waals surface area contributed by atoms with Crippen molar-refractivity contribution in [1.29, 1.82) is 0 Å². The van der Waals surface area contributed by atoms with E-state index >= 15 is 0 Å². The Morgan fingerprint density at radius 3 is 1.25 bits per heavy atom. The van der Waals surface area contributed by atoms with E-state index in [1.807, 2.05) is 48.5 Å². The number of ether oxygens (including phenoxy) is 2. The highest BCUT2D eigenvalue weighted by atomic mass is 32.2. The number of thioether (sulfide) groups is 2. The topological polar surface area (TPSA) is 177 Å². The van der Waals surface area contributed by atoms with Crippen LogP contribution in [0, 0.1) is 0 Å². The minimum atomic E-state index is -0.801. The van der Waals surface area contributed by atoms with E-state index in [1.54, 1.807) is 36.7 Å². The largest absolute Gasteiger partial charge is 0.490 e. The summed E-state index contributed by atoms with van der Waals surface area (Å²) in [5.41, 5.74) is 5.27. The van der Waals surface area contributed by atoms with Crippen LogP contribution < -0.4 is 20.1 Å². The maximum atomic E-state index is 11.6. The van der Waals surface area contributed by atoms with Crippen molar-refractivity contribution >= 4 is 45.8 Å². The number of aliphatic hydroxyl groups is 2. The third-order valence-electron chi connectivity index (χ3n) is 8.23. The quantitative estimate of drug-likeness (QED) is 0.131. The molecule has 0 spiro atoms. The van der Waals surface area contributed by atoms with Gasteiger partial charge in [-0.3, -0.25) is 39.8 Å². The number of nitrogens with zero attached hydrogens (tertiary/aromatic N) is 2. The van der Waals surface area contributed by atoms with Crippen LogP contribution >= 0.6 is 23.5 Å². The Labute approximate surface area is 310 Å². The van der Waals surface area contributed by atoms with Gasteiger partial charge in [0, 0.05) is 12.4 Å². The molecule has 272 valence electrons. The third kappa shape index (κ3) is 11.1. The SMILES string of the molecule is CCc1ccc([C@@H](O)COc2ccc(C[C@@H]3SC(=O)NC3=O)cc2)nc1.CCc1ccc([C@@H](O)COc2ccc(C[C@H]3SC(=O)NC3=O)cc2)nc1. The highest BCUT2D eigenvalue weighted by Gasteiger charge is 2.32. The lowest BCUT2D eigenvalue weighted by atomic mass is 10.1. The van der Waals surface area contributed by atoms with Crippen LogP contribution in [0.3, 0.4) is 0 Å². The first kappa shape index (κ1) is 38.5. The average Bonchev–Trinajstić information content (AvgIpc) is 3.66. The van der Waals surface area contributed by atoms with Crippen molar-refractivity contribution in [2.75, 3.05) is 13.2 Å². The molecule has 2 aliphatic heterocycles. The van der Waals surface area contributed by atoms with Gasteiger partial charge < -0.3 is 19.7 Å². The zero-order valence-corrected chi connectivity index (χ0v) is 30.3. The lowest BCUT2D eigenvalue weighted by Gasteiger charge is -2.13. The highest BCUT2D eigenvalue weighted by molar-refractivity contribution is 8.15. The predicted molar refractivity (Wildman–Crippen MR) is 198 cm³/mol. The average molecular weight is 745 g/mol. The molecule has 12 nitrogen and oxygen atoms in total. The van der Waals surface area contributed by atoms with E-state index in [1.165, 1.54) is 0 Å². The number of aliphatic hydroxyl groups excluding tert-OH is 2. The van der Waals surface area contributed by atoms with Gasteiger partial charge in [0.2, 0.25) is 11.8 Å². The summed E-state index contributed by atoms with van der Waals surface area (Å²) in [6, 6.07) is 22.1. The fourth-order valence-electron chi connectivity index (χ4n) is 5.13. The number of rotatable bonds is 14. The first-order chi connectivity index (χ1) is 25.1. The summed E-state index contributed by atoms with van der Waals surface area (Å²) in [6.45, 7) is 4.31. The fourth-order valence-corrected chi connectivity index (χ4v) is 6.85. The molecule has 4 N–H and O–H groups in total. The number of nitrogens with one attached hydrogen (secondary N) is 2. The second kappa shape index (κ2) is 18.6. The summed E-state index contributed by atoms with van der Waals surface area (Å²) >= 11 is 2.03. The summed E-state index contributed by atoms with van der Waals surface area (Å²) in [7, 11) is 0. The molecule has 14 heteroatoms. The van der Waals surface area contributed by atoms with Crippen LogP contribution in [0.1, 0.15) is 59.7 Å². The molecule has 0 bridgehead atoms. The molecular weight excluding hydrogens is 705 g/mol. The number of pyridine rings is 2. The number of amides is 4. The van der Waals surface area contributed by atoms with Crippen molar-refractivity contribution in [2.45, 2.75) is 62.2 Å². The number of aromatic nitrogens is 2. The van der Waals surface area contributed by atoms with Gasteiger partial charge >= 0.3 is 0 Å². The minimum Gasteiger partial charge on any atom is -0.490 e. The van der Waals surface area contributed by atoms with Gasteiger partial charge in [-0.05, 0) is 84.3 Å². The van der Waals surface area contributed by atoms with Gasteiger partial charge in [0.05, 0.1) is 21.9 Å². The van der Waals surface area contributed by atoms with Gasteiger partial charge in [-0.2, -0.15) is 0 Å². The van der Waals surface area contributed by atoms with E-state index in [0.29, 0.717) is 35.7 Å². The number of hydrogen-bond donors (Lipinski definition) is 4. The van der Waals surface area contributed by atoms with E-state index in [-0.39, 0.29) is 46.0 Å². The van der Waals surface area contributed by atoms with Crippen LogP contribution in [0.2, 0.25) is 0 Å². The molecule has 4 atom stereocenters. The van der Waals surface area contributed by atoms with Gasteiger partial charge in [-0.25, -0.2) is 0 Å². The molecular formula is C38H40N4O8S2. The fraction of sp³-hybridized carbons (Fsp3) is 0.316. The van der Waals surface area contributed by atoms with Crippen LogP contribution in [0.25, 0.3) is 0 Å². The predicted octanol–water partition coefficient (Wildman–Crippen LogP) is 5.30. The number of carbonyl (C=O) groups excluding carboxylic acids is 4. The lowest BCUT2D eigenvalue weighted by molar-refractivity contribution is -0.119. The Hall–Kier alpha value is -4.76. The van der Waals surface area contributed by atoms with Crippen molar-refractivity contribution in [3.05, 3.63) is 119 Å². The standard InChI is InChI=1S/2C19H20N2O4S/c2*1-2-12-5-8-15(20-10-12)16(22)11-25-14-6-3-13(4-7-14)9-17-18(23)21-19(24)26-17/h2*3-8,10,16-17,22H,2,9,11H2,1H3,(H,21,23,24)/t16-,17+;16-,17-/m00/s1. The Balaban J connectivity index is 0.000000201. The first-order valence-corrected chi connectivity index (χ1v) is 18.6. The minimum absolute atomic E-state index is 0.104. The van der Waals surface area contributed by atoms with Crippen LogP contribution in [0.5, 0.6) is 11.5 Å². The molecule has 0 radical (unpaired) electrons. The normalized spacial score (nSPS) is 17.8. The van der Waals surface area contributed by atoms with Crippen LogP contribution in [-0.4, -0.2) is 66.2 Å². The third-order valence-corrected chi connectivity index (χ3v) is 10.2. The van der Waals surface area contributed by atoms with Gasteiger partial charge in [0.1, 0.15) is 36.9 Å². The summed E-state index contributed by atoms with van der Waals surface area (Å²) in [4.78, 5) is 54.1. The Kier molecular flexibility index (Phi) is 13.8. The second-order valence-electron chi connectivity index (χ2n) is 12.0. The highest BCUT2D eigenvalue weighted by Crippen LogP contribution is 2.26. The molecule has 2 fully saturated rings. The van der Waals surface area contributed by atoms with Crippen molar-refractivity contribution in [3.8, 4) is 11.5 Å². The van der Waals surface area contributed by atoms with Crippen LogP contribution in [-0.2, 0) is 35.3 Å². The molecule has 2 saturated heterocycles. The molecule has 52 heavy (non-hydrogen) atoms. The number of benzene rings is 2. The molecule has 4 amide bonds. The zero-order chi connectivity index (χ0) is 37.0. The summed E-state index contributed by atoms with van der Waals surface area (Å²) in [6.07, 6.45) is 4.70. The number of hydrogen-bond acceptors (Lipinski definition) is 12. The Morgan fingerprint density at radius 2 is 0.962 bits per heavy atom. The van der Waals surface area contributed by atoms with Crippen molar-refractivity contribution < 1.29 is 38.9 Å². The van der Waals surface area contributed by atoms with Gasteiger partial charge in [-0.1, -0.05) is 73.8 Å². The number of imide groups is 2. The van der Waals surface area contributed by atoms with E-state index in [0.717, 1.165) is 58.6 Å². The smallest absolute Gasteiger partial charge is 0.286 e. The summed E-state index contributed by atoms with van der Waals surface area (Å²) in [5.74, 6) is 0.755. The van der Waals surface area contributed by atoms with Crippen molar-refractivity contribution in [3.63, 3.8) is 0 Å². The van der Waals surface area contributed by atoms with Crippen molar-refractivity contribution in [1.82, 2.24) is 20.6 Å². The lowest BCUT2D eigenvalue weighted by Crippen LogP contribution is -2.25. The number of aryl methyl sites for hydroxylation is 2. The molecule has 2 aliphatic rings. The van der Waals surface area contributed by atoms with Gasteiger partial charge in [-0.15, -0.1) is 0 Å². The Bertz CT molecular complexity index is 1690. The maximum Gasteiger partial charge on any atom is 0.286 e. The second-order valence-corrected chi connectivity index (χ2v) is 14.4. The Morgan fingerprint density at radius 1 is 0.596 bits per heavy atom. The van der Waals surface area contributed by atoms with Gasteiger partial charge in [0.15, 0.2) is 0 Å². The summed E-state index contributed by atoms with van der Waals surface area (Å²) in [5, 5.41) is 23.6. The van der Waals surface area contributed by atoms with E-state index in [4.69, 9.17) is 9.47 Å². The number of carbonyl (C=O) groups is 4. The first-order valence-electron chi connectivity index (χ1n) is 16.8. The summed E-state index contributed by atoms with van der Waals surface area (Å²) < 4.78 is 11.2. The van der Waals surface area contributed by atoms with E-state index in [9.17, 15) is 29.4 Å². The zero-order valence-electron chi connectivity index (χ0n) is 28.7. The monoisotopic (exact) mass is 744 g/mol. The molecule has 6 rings (SSSR count). The molecule has 0 unspecified atom stereocenters. The van der Waals surface area contributed by atoms with E-state index < -0.39 is 12.2 Å². The molecule has 0 saturated carbocycles. The van der Waals surface area contributed by atoms with E-state index in [2.05, 4.69) is 34.4 Å². The van der Waals surface area contributed by atoms with Crippen LogP contribution in [0.4, 0.5) is 9.59 Å². The van der Waals surface area contributed by atoms with Crippen LogP contribution in [0.15, 0.2) is 85.2 Å². The molecule has 0 aliphatic carbocycles. The molecule has 4 aromatic rings. The van der Waals surface area contributed by atoms with Crippen molar-refractivity contribution in [2.24, 2.45) is 0 Å². The maximum absolute atomic E-state index is 11.6. The molecule has 4 heterocycles.